The molecule has 18 heavy (non-hydrogen) atoms. The van der Waals surface area contributed by atoms with Crippen molar-refractivity contribution in [3.05, 3.63) is 22.8 Å². The summed E-state index contributed by atoms with van der Waals surface area (Å²) in [6.45, 7) is 2.17. The molecule has 5 heteroatoms. The van der Waals surface area contributed by atoms with E-state index in [0.717, 1.165) is 36.1 Å². The highest BCUT2D eigenvalue weighted by molar-refractivity contribution is 9.10. The molecule has 3 heterocycles. The van der Waals surface area contributed by atoms with E-state index in [1.54, 1.807) is 6.20 Å². The number of anilines is 1. The van der Waals surface area contributed by atoms with E-state index >= 15 is 0 Å². The second-order valence-electron chi connectivity index (χ2n) is 4.93. The zero-order valence-corrected chi connectivity index (χ0v) is 11.6. The van der Waals surface area contributed by atoms with Crippen molar-refractivity contribution in [1.82, 2.24) is 4.98 Å². The Morgan fingerprint density at radius 3 is 2.72 bits per heavy atom. The number of carbonyl (C=O) groups is 1. The van der Waals surface area contributed by atoms with Gasteiger partial charge in [-0.15, -0.1) is 0 Å². The summed E-state index contributed by atoms with van der Waals surface area (Å²) in [6, 6.07) is 3.81. The number of nitrogens with zero attached hydrogens (tertiary/aromatic N) is 2. The van der Waals surface area contributed by atoms with Crippen molar-refractivity contribution in [3.8, 4) is 0 Å². The minimum atomic E-state index is -0.187. The van der Waals surface area contributed by atoms with E-state index in [2.05, 4.69) is 20.9 Å². The smallest absolute Gasteiger partial charge is 0.234 e. The maximum Gasteiger partial charge on any atom is 0.234 e. The van der Waals surface area contributed by atoms with Crippen LogP contribution in [0.15, 0.2) is 22.8 Å². The molecule has 0 unspecified atom stereocenters. The Hall–Kier alpha value is -0.940. The molecule has 1 aromatic heterocycles. The van der Waals surface area contributed by atoms with Gasteiger partial charge in [-0.05, 0) is 47.3 Å². The highest BCUT2D eigenvalue weighted by Crippen LogP contribution is 2.42. The number of aromatic nitrogens is 1. The molecular weight excluding hydrogens is 296 g/mol. The Labute approximate surface area is 114 Å². The topological polar surface area (TPSA) is 42.4 Å². The Kier molecular flexibility index (Phi) is 3.11. The second kappa shape index (κ2) is 4.63. The van der Waals surface area contributed by atoms with Gasteiger partial charge in [-0.1, -0.05) is 0 Å². The largest absolute Gasteiger partial charge is 0.381 e. The quantitative estimate of drug-likeness (QED) is 0.800. The lowest BCUT2D eigenvalue weighted by molar-refractivity contribution is -0.130. The monoisotopic (exact) mass is 310 g/mol. The first-order valence-corrected chi connectivity index (χ1v) is 7.02. The number of hydrogen-bond acceptors (Lipinski definition) is 3. The van der Waals surface area contributed by atoms with E-state index in [-0.39, 0.29) is 11.3 Å². The maximum atomic E-state index is 12.6. The van der Waals surface area contributed by atoms with Crippen LogP contribution in [0.25, 0.3) is 0 Å². The van der Waals surface area contributed by atoms with Crippen LogP contribution in [0.1, 0.15) is 19.3 Å². The van der Waals surface area contributed by atoms with Crippen molar-refractivity contribution in [1.29, 1.82) is 0 Å². The van der Waals surface area contributed by atoms with Gasteiger partial charge in [0.25, 0.3) is 0 Å². The van der Waals surface area contributed by atoms with Gasteiger partial charge in [0.2, 0.25) is 5.91 Å². The van der Waals surface area contributed by atoms with Crippen LogP contribution in [-0.4, -0.2) is 30.6 Å². The molecule has 1 amide bonds. The highest BCUT2D eigenvalue weighted by atomic mass is 79.9. The zero-order valence-electron chi connectivity index (χ0n) is 10.1. The fourth-order valence-electron chi connectivity index (χ4n) is 2.79. The summed E-state index contributed by atoms with van der Waals surface area (Å²) in [5.74, 6) is 0.979. The summed E-state index contributed by atoms with van der Waals surface area (Å²) in [4.78, 5) is 18.7. The van der Waals surface area contributed by atoms with Crippen LogP contribution in [-0.2, 0) is 9.53 Å². The summed E-state index contributed by atoms with van der Waals surface area (Å²) in [6.07, 6.45) is 4.35. The number of halogens is 1. The minimum Gasteiger partial charge on any atom is -0.381 e. The van der Waals surface area contributed by atoms with E-state index in [1.807, 2.05) is 17.0 Å². The normalized spacial score (nSPS) is 22.7. The van der Waals surface area contributed by atoms with E-state index in [9.17, 15) is 4.79 Å². The molecule has 0 aliphatic carbocycles. The molecule has 1 aromatic rings. The summed E-state index contributed by atoms with van der Waals surface area (Å²) in [5, 5.41) is 0. The number of rotatable bonds is 1. The van der Waals surface area contributed by atoms with E-state index in [4.69, 9.17) is 4.74 Å². The van der Waals surface area contributed by atoms with Gasteiger partial charge in [0.05, 0.1) is 5.41 Å². The molecular formula is C13H15BrN2O2. The molecule has 2 aliphatic heterocycles. The van der Waals surface area contributed by atoms with Gasteiger partial charge in [0.15, 0.2) is 0 Å². The summed E-state index contributed by atoms with van der Waals surface area (Å²) in [7, 11) is 0. The van der Waals surface area contributed by atoms with Crippen molar-refractivity contribution in [2.45, 2.75) is 19.3 Å². The fraction of sp³-hybridized carbons (Fsp3) is 0.538. The minimum absolute atomic E-state index is 0.187. The summed E-state index contributed by atoms with van der Waals surface area (Å²) < 4.78 is 6.30. The molecule has 1 spiro atoms. The SMILES string of the molecule is O=C1N(c2ccc(Br)cn2)CCC12CCOCC2. The lowest BCUT2D eigenvalue weighted by atomic mass is 9.79. The average molecular weight is 311 g/mol. The van der Waals surface area contributed by atoms with Crippen molar-refractivity contribution in [2.24, 2.45) is 5.41 Å². The predicted molar refractivity (Wildman–Crippen MR) is 71.4 cm³/mol. The van der Waals surface area contributed by atoms with Crippen LogP contribution in [0.5, 0.6) is 0 Å². The molecule has 0 bridgehead atoms. The average Bonchev–Trinajstić information content (AvgIpc) is 2.70. The standard InChI is InChI=1S/C13H15BrN2O2/c14-10-1-2-11(15-9-10)16-6-3-13(12(16)17)4-7-18-8-5-13/h1-2,9H,3-8H2. The van der Waals surface area contributed by atoms with Gasteiger partial charge in [0.1, 0.15) is 5.82 Å². The van der Waals surface area contributed by atoms with Gasteiger partial charge in [0, 0.05) is 30.4 Å². The van der Waals surface area contributed by atoms with Gasteiger partial charge >= 0.3 is 0 Å². The fourth-order valence-corrected chi connectivity index (χ4v) is 3.03. The highest BCUT2D eigenvalue weighted by Gasteiger charge is 2.47. The molecule has 0 radical (unpaired) electrons. The molecule has 96 valence electrons. The lowest BCUT2D eigenvalue weighted by Gasteiger charge is -2.31. The molecule has 0 atom stereocenters. The van der Waals surface area contributed by atoms with Crippen molar-refractivity contribution in [2.75, 3.05) is 24.7 Å². The molecule has 2 fully saturated rings. The maximum absolute atomic E-state index is 12.6. The summed E-state index contributed by atoms with van der Waals surface area (Å²) in [5.41, 5.74) is -0.187. The van der Waals surface area contributed by atoms with Gasteiger partial charge < -0.3 is 4.74 Å². The third-order valence-corrected chi connectivity index (χ3v) is 4.42. The van der Waals surface area contributed by atoms with Gasteiger partial charge in [-0.25, -0.2) is 4.98 Å². The number of pyridine rings is 1. The molecule has 0 aromatic carbocycles. The zero-order chi connectivity index (χ0) is 12.6. The van der Waals surface area contributed by atoms with Gasteiger partial charge in [-0.3, -0.25) is 9.69 Å². The molecule has 3 rings (SSSR count). The van der Waals surface area contributed by atoms with Crippen molar-refractivity contribution < 1.29 is 9.53 Å². The van der Waals surface area contributed by atoms with Gasteiger partial charge in [-0.2, -0.15) is 0 Å². The first kappa shape index (κ1) is 12.1. The van der Waals surface area contributed by atoms with E-state index in [0.29, 0.717) is 13.2 Å². The third kappa shape index (κ3) is 1.95. The molecule has 4 nitrogen and oxygen atoms in total. The lowest BCUT2D eigenvalue weighted by Crippen LogP contribution is -2.39. The Bertz CT molecular complexity index is 455. The second-order valence-corrected chi connectivity index (χ2v) is 5.85. The third-order valence-electron chi connectivity index (χ3n) is 3.95. The van der Waals surface area contributed by atoms with E-state index < -0.39 is 0 Å². The number of carbonyl (C=O) groups excluding carboxylic acids is 1. The van der Waals surface area contributed by atoms with Crippen LogP contribution < -0.4 is 4.90 Å². The molecule has 0 N–H and O–H groups in total. The predicted octanol–water partition coefficient (Wildman–Crippen LogP) is 2.38. The Morgan fingerprint density at radius 1 is 1.28 bits per heavy atom. The first-order valence-electron chi connectivity index (χ1n) is 6.23. The number of hydrogen-bond donors (Lipinski definition) is 0. The molecule has 2 aliphatic rings. The van der Waals surface area contributed by atoms with Crippen molar-refractivity contribution >= 4 is 27.7 Å². The summed E-state index contributed by atoms with van der Waals surface area (Å²) >= 11 is 3.36. The number of amides is 1. The van der Waals surface area contributed by atoms with Crippen LogP contribution >= 0.6 is 15.9 Å². The van der Waals surface area contributed by atoms with Crippen LogP contribution in [0.4, 0.5) is 5.82 Å². The van der Waals surface area contributed by atoms with E-state index in [1.165, 1.54) is 0 Å². The molecule has 0 saturated carbocycles. The van der Waals surface area contributed by atoms with Crippen LogP contribution in [0.3, 0.4) is 0 Å². The Morgan fingerprint density at radius 2 is 2.06 bits per heavy atom. The molecule has 2 saturated heterocycles. The van der Waals surface area contributed by atoms with Crippen molar-refractivity contribution in [3.63, 3.8) is 0 Å². The number of ether oxygens (including phenoxy) is 1. The first-order chi connectivity index (χ1) is 8.71. The van der Waals surface area contributed by atoms with Crippen LogP contribution in [0.2, 0.25) is 0 Å². The Balaban J connectivity index is 1.83. The van der Waals surface area contributed by atoms with Crippen LogP contribution in [0, 0.1) is 5.41 Å².